The molecule has 0 aliphatic rings. The SMILES string of the molecule is CCCCCCCCCCN(CCC)CCNCC(C)C(=O)OC[C@@H](O)COC(=O)C(C)CNCCN(CCCCCN(CCC)CCN)CCNCCc1c(COP(=O)(O)O)cnc(C)c1O. The van der Waals surface area contributed by atoms with Crippen LogP contribution in [0.15, 0.2) is 6.20 Å². The number of phosphoric acid groups is 1. The molecule has 0 saturated heterocycles. The lowest BCUT2D eigenvalue weighted by Crippen LogP contribution is -2.39. The summed E-state index contributed by atoms with van der Waals surface area (Å²) in [5.41, 5.74) is 7.19. The third-order valence-electron chi connectivity index (χ3n) is 12.0. The standard InChI is InChI=1S/C49H97N8O10P/c1-7-10-11-12-13-14-15-17-29-56(27-9-3)33-24-52-35-41(4)48(60)65-39-45(58)40-66-49(61)42(5)36-53-25-34-57(30-19-16-18-28-55(26-8-2)31-21-50)32-23-51-22-20-46-44(38-67-68(62,63)64)37-54-43(6)47(46)59/h37,41-42,45,51-53,58-59H,7-36,38-40,50H2,1-6H3,(H2,62,63,64)/t41?,42?,45-/m1/s1. The van der Waals surface area contributed by atoms with Gasteiger partial charge >= 0.3 is 19.8 Å². The van der Waals surface area contributed by atoms with Crippen LogP contribution >= 0.6 is 7.82 Å². The molecule has 1 rings (SSSR count). The third-order valence-corrected chi connectivity index (χ3v) is 12.5. The number of phosphoric ester groups is 1. The molecule has 0 radical (unpaired) electrons. The molecule has 9 N–H and O–H groups in total. The van der Waals surface area contributed by atoms with Gasteiger partial charge in [-0.25, -0.2) is 4.57 Å². The fourth-order valence-corrected chi connectivity index (χ4v) is 8.23. The van der Waals surface area contributed by atoms with Crippen LogP contribution in [0.2, 0.25) is 0 Å². The van der Waals surface area contributed by atoms with E-state index in [2.05, 4.69) is 60.9 Å². The van der Waals surface area contributed by atoms with Crippen LogP contribution in [-0.2, 0) is 41.2 Å². The lowest BCUT2D eigenvalue weighted by atomic mass is 10.0. The van der Waals surface area contributed by atoms with Gasteiger partial charge in [0.05, 0.1) is 24.1 Å². The van der Waals surface area contributed by atoms with Gasteiger partial charge in [0.1, 0.15) is 25.1 Å². The van der Waals surface area contributed by atoms with Crippen molar-refractivity contribution in [1.82, 2.24) is 35.6 Å². The van der Waals surface area contributed by atoms with E-state index in [1.54, 1.807) is 20.8 Å². The highest BCUT2D eigenvalue weighted by Gasteiger charge is 2.21. The number of unbranched alkanes of at least 4 members (excludes halogenated alkanes) is 9. The van der Waals surface area contributed by atoms with Crippen molar-refractivity contribution in [1.29, 1.82) is 0 Å². The third kappa shape index (κ3) is 32.5. The maximum atomic E-state index is 12.8. The number of rotatable bonds is 46. The number of esters is 2. The molecule has 398 valence electrons. The first-order valence-electron chi connectivity index (χ1n) is 26.0. The number of pyridine rings is 1. The van der Waals surface area contributed by atoms with Crippen molar-refractivity contribution in [2.24, 2.45) is 17.6 Å². The van der Waals surface area contributed by atoms with E-state index in [0.717, 1.165) is 97.6 Å². The van der Waals surface area contributed by atoms with Crippen LogP contribution in [0.1, 0.15) is 135 Å². The number of aryl methyl sites for hydroxylation is 1. The summed E-state index contributed by atoms with van der Waals surface area (Å²) < 4.78 is 26.7. The van der Waals surface area contributed by atoms with Crippen molar-refractivity contribution < 1.29 is 48.2 Å². The predicted molar refractivity (Wildman–Crippen MR) is 271 cm³/mol. The normalized spacial score (nSPS) is 13.4. The van der Waals surface area contributed by atoms with E-state index in [0.29, 0.717) is 62.5 Å². The smallest absolute Gasteiger partial charge is 0.469 e. The molecular weight excluding hydrogens is 892 g/mol. The summed E-state index contributed by atoms with van der Waals surface area (Å²) in [6.07, 6.45) is 16.7. The molecule has 1 aromatic heterocycles. The van der Waals surface area contributed by atoms with Gasteiger partial charge in [-0.1, -0.05) is 86.0 Å². The molecule has 18 nitrogen and oxygen atoms in total. The highest BCUT2D eigenvalue weighted by molar-refractivity contribution is 7.46. The van der Waals surface area contributed by atoms with E-state index in [1.165, 1.54) is 57.6 Å². The molecule has 0 aliphatic heterocycles. The minimum atomic E-state index is -4.69. The van der Waals surface area contributed by atoms with E-state index < -0.39 is 31.8 Å². The number of nitrogens with zero attached hydrogens (tertiary/aromatic N) is 4. The van der Waals surface area contributed by atoms with Crippen molar-refractivity contribution >= 4 is 19.8 Å². The van der Waals surface area contributed by atoms with Crippen LogP contribution in [0.3, 0.4) is 0 Å². The topological polar surface area (TPSA) is 245 Å². The number of nitrogens with one attached hydrogen (secondary N) is 3. The summed E-state index contributed by atoms with van der Waals surface area (Å²) in [4.78, 5) is 55.2. The van der Waals surface area contributed by atoms with Gasteiger partial charge in [0.2, 0.25) is 0 Å². The van der Waals surface area contributed by atoms with Crippen molar-refractivity contribution in [2.75, 3.05) is 118 Å². The second-order valence-corrected chi connectivity index (χ2v) is 19.7. The molecule has 19 heteroatoms. The Bertz CT molecular complexity index is 1470. The zero-order valence-corrected chi connectivity index (χ0v) is 44.1. The maximum absolute atomic E-state index is 12.8. The van der Waals surface area contributed by atoms with Crippen molar-refractivity contribution in [3.8, 4) is 5.75 Å². The molecule has 0 aromatic carbocycles. The lowest BCUT2D eigenvalue weighted by Gasteiger charge is -2.24. The molecule has 2 unspecified atom stereocenters. The van der Waals surface area contributed by atoms with Crippen molar-refractivity contribution in [3.05, 3.63) is 23.0 Å². The number of hydrogen-bond acceptors (Lipinski definition) is 16. The van der Waals surface area contributed by atoms with Crippen molar-refractivity contribution in [2.45, 2.75) is 144 Å². The molecule has 0 bridgehead atoms. The summed E-state index contributed by atoms with van der Waals surface area (Å²) in [6, 6.07) is 0. The molecule has 3 atom stereocenters. The average molecular weight is 989 g/mol. The number of aromatic nitrogens is 1. The summed E-state index contributed by atoms with van der Waals surface area (Å²) in [5, 5.41) is 31.3. The second-order valence-electron chi connectivity index (χ2n) is 18.4. The minimum Gasteiger partial charge on any atom is -0.506 e. The van der Waals surface area contributed by atoms with Gasteiger partial charge < -0.3 is 65.9 Å². The van der Waals surface area contributed by atoms with Gasteiger partial charge in [-0.05, 0) is 84.7 Å². The van der Waals surface area contributed by atoms with Gasteiger partial charge in [0, 0.05) is 82.8 Å². The van der Waals surface area contributed by atoms with Crippen LogP contribution in [0.4, 0.5) is 0 Å². The number of hydrogen-bond donors (Lipinski definition) is 8. The van der Waals surface area contributed by atoms with Crippen LogP contribution in [-0.4, -0.2) is 176 Å². The molecule has 1 aromatic rings. The molecule has 0 fully saturated rings. The Kier molecular flexibility index (Phi) is 37.7. The fraction of sp³-hybridized carbons (Fsp3) is 0.857. The zero-order chi connectivity index (χ0) is 50.4. The Morgan fingerprint density at radius 2 is 1.13 bits per heavy atom. The first-order chi connectivity index (χ1) is 32.6. The Hall–Kier alpha value is -2.32. The van der Waals surface area contributed by atoms with E-state index >= 15 is 0 Å². The zero-order valence-electron chi connectivity index (χ0n) is 43.2. The molecule has 68 heavy (non-hydrogen) atoms. The Morgan fingerprint density at radius 3 is 1.62 bits per heavy atom. The molecule has 0 saturated carbocycles. The Balaban J connectivity index is 2.48. The molecule has 0 aliphatic carbocycles. The van der Waals surface area contributed by atoms with Gasteiger partial charge in [-0.15, -0.1) is 0 Å². The number of aliphatic hydroxyl groups excluding tert-OH is 1. The van der Waals surface area contributed by atoms with Gasteiger partial charge in [0.25, 0.3) is 0 Å². The van der Waals surface area contributed by atoms with Gasteiger partial charge in [-0.3, -0.25) is 19.1 Å². The summed E-state index contributed by atoms with van der Waals surface area (Å²) >= 11 is 0. The number of carbonyl (C=O) groups excluding carboxylic acids is 2. The monoisotopic (exact) mass is 989 g/mol. The molecule has 1 heterocycles. The highest BCUT2D eigenvalue weighted by atomic mass is 31.2. The largest absolute Gasteiger partial charge is 0.506 e. The number of ether oxygens (including phenoxy) is 2. The first kappa shape index (κ1) is 63.7. The average Bonchev–Trinajstić information content (AvgIpc) is 3.30. The summed E-state index contributed by atoms with van der Waals surface area (Å²) in [5.74, 6) is -1.69. The number of carbonyl (C=O) groups is 2. The predicted octanol–water partition coefficient (Wildman–Crippen LogP) is 4.73. The van der Waals surface area contributed by atoms with Gasteiger partial charge in [0.15, 0.2) is 0 Å². The Morgan fingerprint density at radius 1 is 0.676 bits per heavy atom. The summed E-state index contributed by atoms with van der Waals surface area (Å²) in [6.45, 7) is 23.7. The summed E-state index contributed by atoms with van der Waals surface area (Å²) in [7, 11) is -4.69. The van der Waals surface area contributed by atoms with Crippen LogP contribution in [0.25, 0.3) is 0 Å². The van der Waals surface area contributed by atoms with E-state index in [-0.39, 0.29) is 31.5 Å². The van der Waals surface area contributed by atoms with E-state index in [9.17, 15) is 24.4 Å². The number of aliphatic hydroxyl groups is 1. The quantitative estimate of drug-likeness (QED) is 0.0250. The Labute approximate surface area is 410 Å². The number of aromatic hydroxyl groups is 1. The number of nitrogens with two attached hydrogens (primary N) is 1. The molecular formula is C49H97N8O10P. The molecule has 0 spiro atoms. The lowest BCUT2D eigenvalue weighted by molar-refractivity contribution is -0.156. The highest BCUT2D eigenvalue weighted by Crippen LogP contribution is 2.38. The van der Waals surface area contributed by atoms with Crippen LogP contribution < -0.4 is 21.7 Å². The van der Waals surface area contributed by atoms with E-state index in [4.69, 9.17) is 25.0 Å². The maximum Gasteiger partial charge on any atom is 0.469 e. The van der Waals surface area contributed by atoms with Crippen molar-refractivity contribution in [3.63, 3.8) is 0 Å². The minimum absolute atomic E-state index is 0.0114. The van der Waals surface area contributed by atoms with Crippen LogP contribution in [0.5, 0.6) is 5.75 Å². The fourth-order valence-electron chi connectivity index (χ4n) is 7.92. The van der Waals surface area contributed by atoms with E-state index in [1.807, 2.05) is 0 Å². The second kappa shape index (κ2) is 40.3. The first-order valence-corrected chi connectivity index (χ1v) is 27.5. The molecule has 0 amide bonds. The van der Waals surface area contributed by atoms with Gasteiger partial charge in [-0.2, -0.15) is 0 Å². The van der Waals surface area contributed by atoms with Crippen LogP contribution in [0, 0.1) is 18.8 Å².